The number of carbonyl (C=O) groups is 2. The van der Waals surface area contributed by atoms with Gasteiger partial charge in [0.05, 0.1) is 0 Å². The number of carbonyl (C=O) groups excluding carboxylic acids is 2. The van der Waals surface area contributed by atoms with Crippen molar-refractivity contribution in [1.29, 1.82) is 0 Å². The molecule has 2 aliphatic rings. The summed E-state index contributed by atoms with van der Waals surface area (Å²) in [5.41, 5.74) is 0. The highest BCUT2D eigenvalue weighted by Crippen LogP contribution is 2.22. The number of piperidine rings is 1. The van der Waals surface area contributed by atoms with Crippen molar-refractivity contribution in [2.24, 2.45) is 10.9 Å². The van der Waals surface area contributed by atoms with Gasteiger partial charge in [-0.1, -0.05) is 18.7 Å². The number of aliphatic imine (C=N–C) groups is 1. The Morgan fingerprint density at radius 2 is 2.11 bits per heavy atom. The Morgan fingerprint density at radius 1 is 1.39 bits per heavy atom. The Kier molecular flexibility index (Phi) is 3.94. The Hall–Kier alpha value is -1.04. The van der Waals surface area contributed by atoms with Crippen molar-refractivity contribution in [3.63, 3.8) is 0 Å². The maximum Gasteiger partial charge on any atom is 0.253 e. The zero-order valence-electron chi connectivity index (χ0n) is 11.0. The van der Waals surface area contributed by atoms with Crippen LogP contribution in [0.1, 0.15) is 26.7 Å². The van der Waals surface area contributed by atoms with Crippen LogP contribution in [0.5, 0.6) is 0 Å². The van der Waals surface area contributed by atoms with Crippen LogP contribution in [0, 0.1) is 5.92 Å². The van der Waals surface area contributed by atoms with Gasteiger partial charge in [0.2, 0.25) is 5.91 Å². The van der Waals surface area contributed by atoms with Crippen LogP contribution in [-0.4, -0.2) is 46.8 Å². The van der Waals surface area contributed by atoms with E-state index in [1.54, 1.807) is 11.8 Å². The van der Waals surface area contributed by atoms with Gasteiger partial charge in [-0.05, 0) is 19.3 Å². The van der Waals surface area contributed by atoms with E-state index in [-0.39, 0.29) is 11.8 Å². The van der Waals surface area contributed by atoms with Gasteiger partial charge in [-0.25, -0.2) is 4.99 Å². The zero-order valence-corrected chi connectivity index (χ0v) is 11.8. The first-order chi connectivity index (χ1) is 8.49. The maximum absolute atomic E-state index is 11.9. The van der Waals surface area contributed by atoms with Gasteiger partial charge in [-0.2, -0.15) is 0 Å². The molecule has 2 amide bonds. The summed E-state index contributed by atoms with van der Waals surface area (Å²) in [5, 5.41) is 4.15. The number of rotatable bonds is 1. The average molecular weight is 269 g/mol. The van der Waals surface area contributed by atoms with E-state index in [0.29, 0.717) is 24.8 Å². The SMILES string of the molecule is CC1CSC(=NC2CCC(=O)N(C)C2=O)NC1C. The molecule has 0 spiro atoms. The van der Waals surface area contributed by atoms with Crippen LogP contribution in [0.15, 0.2) is 4.99 Å². The standard InChI is InChI=1S/C12H19N3O2S/c1-7-6-18-12(13-8(7)2)14-9-4-5-10(16)15(3)11(9)17/h7-9H,4-6H2,1-3H3,(H,13,14). The van der Waals surface area contributed by atoms with Crippen molar-refractivity contribution >= 4 is 28.7 Å². The highest BCUT2D eigenvalue weighted by Gasteiger charge is 2.32. The fraction of sp³-hybridized carbons (Fsp3) is 0.750. The summed E-state index contributed by atoms with van der Waals surface area (Å²) < 4.78 is 0. The molecular formula is C12H19N3O2S. The van der Waals surface area contributed by atoms with Crippen LogP contribution < -0.4 is 5.32 Å². The van der Waals surface area contributed by atoms with E-state index in [2.05, 4.69) is 24.2 Å². The predicted molar refractivity (Wildman–Crippen MR) is 72.5 cm³/mol. The Morgan fingerprint density at radius 3 is 2.78 bits per heavy atom. The second kappa shape index (κ2) is 5.30. The van der Waals surface area contributed by atoms with Gasteiger partial charge in [0, 0.05) is 25.3 Å². The number of hydrogen-bond acceptors (Lipinski definition) is 4. The van der Waals surface area contributed by atoms with Crippen molar-refractivity contribution < 1.29 is 9.59 Å². The fourth-order valence-electron chi connectivity index (χ4n) is 1.97. The van der Waals surface area contributed by atoms with Gasteiger partial charge < -0.3 is 5.32 Å². The number of nitrogens with zero attached hydrogens (tertiary/aromatic N) is 2. The molecule has 2 fully saturated rings. The van der Waals surface area contributed by atoms with Crippen molar-refractivity contribution in [1.82, 2.24) is 10.2 Å². The molecule has 2 rings (SSSR count). The lowest BCUT2D eigenvalue weighted by Gasteiger charge is -2.30. The molecule has 0 radical (unpaired) electrons. The monoisotopic (exact) mass is 269 g/mol. The second-order valence-electron chi connectivity index (χ2n) is 5.00. The van der Waals surface area contributed by atoms with Crippen molar-refractivity contribution in [3.05, 3.63) is 0 Å². The largest absolute Gasteiger partial charge is 0.362 e. The quantitative estimate of drug-likeness (QED) is 0.717. The van der Waals surface area contributed by atoms with Crippen LogP contribution in [0.4, 0.5) is 0 Å². The van der Waals surface area contributed by atoms with Crippen molar-refractivity contribution in [2.45, 2.75) is 38.8 Å². The molecule has 2 heterocycles. The summed E-state index contributed by atoms with van der Waals surface area (Å²) in [6, 6.07) is -0.0219. The van der Waals surface area contributed by atoms with E-state index in [1.807, 2.05) is 0 Å². The van der Waals surface area contributed by atoms with Crippen LogP contribution in [0.25, 0.3) is 0 Å². The van der Waals surface area contributed by atoms with Gasteiger partial charge >= 0.3 is 0 Å². The van der Waals surface area contributed by atoms with Crippen molar-refractivity contribution in [2.75, 3.05) is 12.8 Å². The van der Waals surface area contributed by atoms with Gasteiger partial charge in [-0.15, -0.1) is 0 Å². The minimum atomic E-state index is -0.400. The lowest BCUT2D eigenvalue weighted by Crippen LogP contribution is -2.46. The average Bonchev–Trinajstić information content (AvgIpc) is 2.34. The fourth-order valence-corrected chi connectivity index (χ4v) is 3.15. The summed E-state index contributed by atoms with van der Waals surface area (Å²) in [6.07, 6.45) is 0.929. The van der Waals surface area contributed by atoms with Crippen LogP contribution in [0.3, 0.4) is 0 Å². The van der Waals surface area contributed by atoms with Gasteiger partial charge in [0.25, 0.3) is 5.91 Å². The minimum Gasteiger partial charge on any atom is -0.362 e. The molecule has 0 aromatic heterocycles. The number of likely N-dealkylation sites (tertiary alicyclic amines) is 1. The van der Waals surface area contributed by atoms with Gasteiger partial charge in [0.1, 0.15) is 6.04 Å². The maximum atomic E-state index is 11.9. The molecule has 0 aliphatic carbocycles. The topological polar surface area (TPSA) is 61.8 Å². The molecule has 0 aromatic rings. The minimum absolute atomic E-state index is 0.109. The highest BCUT2D eigenvalue weighted by atomic mass is 32.2. The summed E-state index contributed by atoms with van der Waals surface area (Å²) in [7, 11) is 1.53. The molecular weight excluding hydrogens is 250 g/mol. The van der Waals surface area contributed by atoms with Gasteiger partial charge in [0.15, 0.2) is 5.17 Å². The normalized spacial score (nSPS) is 35.8. The van der Waals surface area contributed by atoms with E-state index < -0.39 is 6.04 Å². The molecule has 5 nitrogen and oxygen atoms in total. The molecule has 3 atom stereocenters. The summed E-state index contributed by atoms with van der Waals surface area (Å²) in [6.45, 7) is 4.32. The van der Waals surface area contributed by atoms with Crippen LogP contribution in [0.2, 0.25) is 0 Å². The predicted octanol–water partition coefficient (Wildman–Crippen LogP) is 0.851. The lowest BCUT2D eigenvalue weighted by atomic mass is 10.1. The van der Waals surface area contributed by atoms with Crippen LogP contribution >= 0.6 is 11.8 Å². The molecule has 0 aromatic carbocycles. The van der Waals surface area contributed by atoms with Crippen molar-refractivity contribution in [3.8, 4) is 0 Å². The highest BCUT2D eigenvalue weighted by molar-refractivity contribution is 8.13. The number of amides is 2. The number of amidine groups is 1. The molecule has 6 heteroatoms. The number of nitrogens with one attached hydrogen (secondary N) is 1. The van der Waals surface area contributed by atoms with Crippen LogP contribution in [-0.2, 0) is 9.59 Å². The van der Waals surface area contributed by atoms with E-state index in [9.17, 15) is 9.59 Å². The number of imide groups is 1. The molecule has 2 saturated heterocycles. The number of thioether (sulfide) groups is 1. The summed E-state index contributed by atoms with van der Waals surface area (Å²) >= 11 is 1.66. The van der Waals surface area contributed by atoms with E-state index in [0.717, 1.165) is 10.9 Å². The molecule has 18 heavy (non-hydrogen) atoms. The summed E-state index contributed by atoms with van der Waals surface area (Å²) in [5.74, 6) is 1.32. The molecule has 0 bridgehead atoms. The van der Waals surface area contributed by atoms with E-state index in [4.69, 9.17) is 0 Å². The number of likely N-dealkylation sites (N-methyl/N-ethyl adjacent to an activating group) is 1. The third-order valence-corrected chi connectivity index (χ3v) is 4.77. The number of hydrogen-bond donors (Lipinski definition) is 1. The smallest absolute Gasteiger partial charge is 0.253 e. The molecule has 3 unspecified atom stereocenters. The Labute approximate surface area is 111 Å². The third-order valence-electron chi connectivity index (χ3n) is 3.58. The van der Waals surface area contributed by atoms with Gasteiger partial charge in [-0.3, -0.25) is 14.5 Å². The summed E-state index contributed by atoms with van der Waals surface area (Å²) in [4.78, 5) is 29.0. The molecule has 100 valence electrons. The first-order valence-electron chi connectivity index (χ1n) is 6.26. The molecule has 2 aliphatic heterocycles. The first kappa shape index (κ1) is 13.4. The molecule has 0 saturated carbocycles. The van der Waals surface area contributed by atoms with E-state index >= 15 is 0 Å². The second-order valence-corrected chi connectivity index (χ2v) is 6.01. The first-order valence-corrected chi connectivity index (χ1v) is 7.25. The Balaban J connectivity index is 2.04. The lowest BCUT2D eigenvalue weighted by molar-refractivity contribution is -0.147. The Bertz CT molecular complexity index is 397. The molecule has 1 N–H and O–H groups in total. The van der Waals surface area contributed by atoms with E-state index in [1.165, 1.54) is 11.9 Å². The zero-order chi connectivity index (χ0) is 13.3. The third kappa shape index (κ3) is 2.68.